The first-order chi connectivity index (χ1) is 21.7. The maximum atomic E-state index is 13.9. The van der Waals surface area contributed by atoms with Crippen molar-refractivity contribution in [3.05, 3.63) is 62.3 Å². The SMILES string of the molecule is CC(C)(C)OC(=O)N1CCCCc2c(c(=O)n3nc(C4=CCOCC4)nc3n2CC(=O)Nc2ccc(C(F)(F)F)cc2Cl)CCC1. The van der Waals surface area contributed by atoms with Gasteiger partial charge in [-0.15, -0.1) is 5.10 Å². The van der Waals surface area contributed by atoms with Gasteiger partial charge in [0.15, 0.2) is 5.82 Å². The van der Waals surface area contributed by atoms with Gasteiger partial charge in [0.25, 0.3) is 5.56 Å². The number of benzene rings is 1. The third kappa shape index (κ3) is 7.72. The van der Waals surface area contributed by atoms with E-state index in [0.29, 0.717) is 81.9 Å². The van der Waals surface area contributed by atoms with E-state index >= 15 is 0 Å². The van der Waals surface area contributed by atoms with E-state index in [1.807, 2.05) is 6.08 Å². The lowest BCUT2D eigenvalue weighted by molar-refractivity contribution is -0.137. The molecule has 1 aromatic carbocycles. The first-order valence-electron chi connectivity index (χ1n) is 15.1. The first-order valence-corrected chi connectivity index (χ1v) is 15.5. The Labute approximate surface area is 268 Å². The van der Waals surface area contributed by atoms with Gasteiger partial charge in [-0.25, -0.2) is 4.79 Å². The van der Waals surface area contributed by atoms with Crippen LogP contribution >= 0.6 is 11.6 Å². The summed E-state index contributed by atoms with van der Waals surface area (Å²) in [6, 6.07) is 2.70. The Morgan fingerprint density at radius 2 is 1.85 bits per heavy atom. The molecule has 0 atom stereocenters. The van der Waals surface area contributed by atoms with Gasteiger partial charge in [-0.3, -0.25) is 9.59 Å². The molecule has 0 radical (unpaired) electrons. The lowest BCUT2D eigenvalue weighted by Gasteiger charge is -2.28. The van der Waals surface area contributed by atoms with E-state index in [-0.39, 0.29) is 28.6 Å². The molecule has 3 aromatic rings. The summed E-state index contributed by atoms with van der Waals surface area (Å²) in [6.07, 6.45) is -0.196. The minimum absolute atomic E-state index is 0.0182. The van der Waals surface area contributed by atoms with E-state index in [4.69, 9.17) is 21.1 Å². The molecular formula is C31H36ClF3N6O5. The number of halogens is 4. The first kappa shape index (κ1) is 33.5. The van der Waals surface area contributed by atoms with E-state index in [9.17, 15) is 27.6 Å². The summed E-state index contributed by atoms with van der Waals surface area (Å²) < 4.78 is 53.3. The van der Waals surface area contributed by atoms with Gasteiger partial charge >= 0.3 is 12.3 Å². The summed E-state index contributed by atoms with van der Waals surface area (Å²) in [5.41, 5.74) is -0.0275. The number of amides is 2. The third-order valence-electron chi connectivity index (χ3n) is 7.68. The number of hydrogen-bond acceptors (Lipinski definition) is 7. The van der Waals surface area contributed by atoms with Crippen molar-refractivity contribution >= 4 is 40.6 Å². The van der Waals surface area contributed by atoms with Gasteiger partial charge in [-0.1, -0.05) is 17.7 Å². The molecule has 4 heterocycles. The van der Waals surface area contributed by atoms with Crippen LogP contribution in [0.5, 0.6) is 0 Å². The molecule has 15 heteroatoms. The molecule has 2 aromatic heterocycles. The van der Waals surface area contributed by atoms with Gasteiger partial charge in [-0.2, -0.15) is 22.7 Å². The molecule has 2 aliphatic rings. The maximum Gasteiger partial charge on any atom is 0.416 e. The number of ether oxygens (including phenoxy) is 2. The molecule has 5 rings (SSSR count). The van der Waals surface area contributed by atoms with Crippen molar-refractivity contribution in [1.29, 1.82) is 0 Å². The second-order valence-electron chi connectivity index (χ2n) is 12.3. The number of alkyl halides is 3. The number of hydrogen-bond donors (Lipinski definition) is 1. The van der Waals surface area contributed by atoms with E-state index in [1.165, 1.54) is 4.52 Å². The number of nitrogens with zero attached hydrogens (tertiary/aromatic N) is 5. The van der Waals surface area contributed by atoms with Crippen LogP contribution in [0.4, 0.5) is 23.7 Å². The number of rotatable bonds is 4. The van der Waals surface area contributed by atoms with E-state index in [2.05, 4.69) is 15.4 Å². The van der Waals surface area contributed by atoms with Crippen LogP contribution in [0.15, 0.2) is 29.1 Å². The number of fused-ring (bicyclic) bond motifs is 2. The van der Waals surface area contributed by atoms with E-state index < -0.39 is 29.3 Å². The topological polar surface area (TPSA) is 120 Å². The Balaban J connectivity index is 1.50. The molecular weight excluding hydrogens is 629 g/mol. The zero-order chi connectivity index (χ0) is 33.2. The van der Waals surface area contributed by atoms with Crippen LogP contribution in [0.25, 0.3) is 11.4 Å². The van der Waals surface area contributed by atoms with Crippen LogP contribution in [0.1, 0.15) is 69.1 Å². The van der Waals surface area contributed by atoms with Crippen LogP contribution in [0.3, 0.4) is 0 Å². The summed E-state index contributed by atoms with van der Waals surface area (Å²) in [7, 11) is 0. The summed E-state index contributed by atoms with van der Waals surface area (Å²) in [5, 5.41) is 6.86. The number of aromatic nitrogens is 4. The van der Waals surface area contributed by atoms with Gasteiger partial charge in [0, 0.05) is 24.3 Å². The minimum atomic E-state index is -4.59. The Bertz CT molecular complexity index is 1730. The second-order valence-corrected chi connectivity index (χ2v) is 12.7. The molecule has 0 saturated heterocycles. The van der Waals surface area contributed by atoms with E-state index in [1.54, 1.807) is 30.2 Å². The van der Waals surface area contributed by atoms with E-state index in [0.717, 1.165) is 23.8 Å². The normalized spacial score (nSPS) is 16.5. The predicted molar refractivity (Wildman–Crippen MR) is 165 cm³/mol. The van der Waals surface area contributed by atoms with Gasteiger partial charge in [0.05, 0.1) is 29.5 Å². The molecule has 0 spiro atoms. The van der Waals surface area contributed by atoms with Crippen molar-refractivity contribution in [2.45, 2.75) is 77.6 Å². The molecule has 0 bridgehead atoms. The summed E-state index contributed by atoms with van der Waals surface area (Å²) >= 11 is 6.10. The second kappa shape index (κ2) is 13.4. The minimum Gasteiger partial charge on any atom is -0.444 e. The highest BCUT2D eigenvalue weighted by atomic mass is 35.5. The zero-order valence-corrected chi connectivity index (χ0v) is 26.6. The Morgan fingerprint density at radius 3 is 2.52 bits per heavy atom. The lowest BCUT2D eigenvalue weighted by Crippen LogP contribution is -2.39. The molecule has 0 aliphatic carbocycles. The van der Waals surface area contributed by atoms with Crippen molar-refractivity contribution in [2.24, 2.45) is 0 Å². The van der Waals surface area contributed by atoms with Crippen LogP contribution in [0.2, 0.25) is 5.02 Å². The molecule has 46 heavy (non-hydrogen) atoms. The largest absolute Gasteiger partial charge is 0.444 e. The fourth-order valence-corrected chi connectivity index (χ4v) is 5.74. The Morgan fingerprint density at radius 1 is 1.09 bits per heavy atom. The van der Waals surface area contributed by atoms with Crippen molar-refractivity contribution in [3.8, 4) is 0 Å². The fourth-order valence-electron chi connectivity index (χ4n) is 5.51. The van der Waals surface area contributed by atoms with Gasteiger partial charge in [-0.05, 0) is 83.1 Å². The van der Waals surface area contributed by atoms with Crippen molar-refractivity contribution in [2.75, 3.05) is 31.6 Å². The number of carbonyl (C=O) groups excluding carboxylic acids is 2. The number of carbonyl (C=O) groups is 2. The molecule has 0 fully saturated rings. The Hall–Kier alpha value is -3.91. The molecule has 2 amide bonds. The standard InChI is InChI=1S/C31H36ClF3N6O5/c1-30(2,3)46-29(44)39-13-5-4-8-24-21(7-6-14-39)27(43)41-28(37-26(38-41)19-11-15-45-16-12-19)40(24)18-25(42)36-23-10-9-20(17-22(23)32)31(33,34)35/h9-11,17H,4-8,12-16,18H2,1-3H3,(H,36,42). The van der Waals surface area contributed by atoms with Crippen molar-refractivity contribution < 1.29 is 32.2 Å². The zero-order valence-electron chi connectivity index (χ0n) is 25.9. The van der Waals surface area contributed by atoms with Crippen LogP contribution in [0, 0.1) is 0 Å². The monoisotopic (exact) mass is 664 g/mol. The fraction of sp³-hybridized carbons (Fsp3) is 0.516. The van der Waals surface area contributed by atoms with Crippen molar-refractivity contribution in [3.63, 3.8) is 0 Å². The summed E-state index contributed by atoms with van der Waals surface area (Å²) in [6.45, 7) is 6.82. The molecule has 0 unspecified atom stereocenters. The molecule has 2 aliphatic heterocycles. The predicted octanol–water partition coefficient (Wildman–Crippen LogP) is 5.51. The average molecular weight is 665 g/mol. The van der Waals surface area contributed by atoms with Crippen LogP contribution < -0.4 is 10.9 Å². The quantitative estimate of drug-likeness (QED) is 0.391. The van der Waals surface area contributed by atoms with Crippen molar-refractivity contribution in [1.82, 2.24) is 24.1 Å². The molecule has 1 N–H and O–H groups in total. The molecule has 11 nitrogen and oxygen atoms in total. The third-order valence-corrected chi connectivity index (χ3v) is 7.99. The van der Waals surface area contributed by atoms with Gasteiger partial charge in [0.1, 0.15) is 12.1 Å². The Kier molecular flexibility index (Phi) is 9.78. The highest BCUT2D eigenvalue weighted by Crippen LogP contribution is 2.34. The highest BCUT2D eigenvalue weighted by molar-refractivity contribution is 6.33. The van der Waals surface area contributed by atoms with Crippen LogP contribution in [-0.4, -0.2) is 68.0 Å². The number of anilines is 1. The average Bonchev–Trinajstić information content (AvgIpc) is 3.43. The summed E-state index contributed by atoms with van der Waals surface area (Å²) in [5.74, 6) is -0.0476. The lowest BCUT2D eigenvalue weighted by atomic mass is 10.0. The maximum absolute atomic E-state index is 13.9. The number of nitrogens with one attached hydrogen (secondary N) is 1. The van der Waals surface area contributed by atoms with Gasteiger partial charge in [0.2, 0.25) is 11.7 Å². The van der Waals surface area contributed by atoms with Crippen LogP contribution in [-0.2, 0) is 39.8 Å². The molecule has 248 valence electrons. The highest BCUT2D eigenvalue weighted by Gasteiger charge is 2.31. The van der Waals surface area contributed by atoms with Gasteiger partial charge < -0.3 is 24.3 Å². The smallest absolute Gasteiger partial charge is 0.416 e. The molecule has 0 saturated carbocycles. The summed E-state index contributed by atoms with van der Waals surface area (Å²) in [4.78, 5) is 46.5.